The molecule has 0 rings (SSSR count). The molecule has 12 heavy (non-hydrogen) atoms. The van der Waals surface area contributed by atoms with Gasteiger partial charge in [-0.3, -0.25) is 0 Å². The summed E-state index contributed by atoms with van der Waals surface area (Å²) in [6, 6.07) is 0. The van der Waals surface area contributed by atoms with Crippen LogP contribution in [0.15, 0.2) is 0 Å². The van der Waals surface area contributed by atoms with E-state index in [1.165, 1.54) is 0 Å². The first-order valence-corrected chi connectivity index (χ1v) is 3.79. The van der Waals surface area contributed by atoms with Gasteiger partial charge in [-0.05, 0) is 0 Å². The Balaban J connectivity index is -0.0000000457. The van der Waals surface area contributed by atoms with Gasteiger partial charge in [0.1, 0.15) is 0 Å². The van der Waals surface area contributed by atoms with Crippen LogP contribution in [0.2, 0.25) is 0 Å². The van der Waals surface area contributed by atoms with E-state index in [-0.39, 0.29) is 33.1 Å². The second kappa shape index (κ2) is 8.74. The van der Waals surface area contributed by atoms with Crippen molar-refractivity contribution >= 4 is 0 Å². The summed E-state index contributed by atoms with van der Waals surface area (Å²) < 4.78 is 65.4. The minimum Gasteiger partial charge on any atom is -0.412 e. The summed E-state index contributed by atoms with van der Waals surface area (Å²) in [5.41, 5.74) is 0. The van der Waals surface area contributed by atoms with Crippen LogP contribution < -0.4 is 28.0 Å². The SMILES string of the molecule is O.[Hg].[O-][Cl+3]([O-])([O-])O.[O-][Cl+3]([O-])([O-])O. The van der Waals surface area contributed by atoms with Crippen molar-refractivity contribution in [1.82, 2.24) is 0 Å². The van der Waals surface area contributed by atoms with E-state index >= 15 is 0 Å². The Kier molecular flexibility index (Phi) is 16.9. The molecule has 0 aromatic heterocycles. The predicted octanol–water partition coefficient (Wildman–Crippen LogP) is -9.08. The number of halogens is 2. The third kappa shape index (κ3) is 862. The van der Waals surface area contributed by atoms with E-state index in [2.05, 4.69) is 0 Å². The van der Waals surface area contributed by atoms with Crippen LogP contribution in [-0.4, -0.2) is 14.8 Å². The fourth-order valence-electron chi connectivity index (χ4n) is 0. The topological polar surface area (TPSA) is 210 Å². The van der Waals surface area contributed by atoms with Crippen LogP contribution in [0, 0.1) is 20.5 Å². The number of hydrogen-bond donors (Lipinski definition) is 2. The van der Waals surface area contributed by atoms with Crippen molar-refractivity contribution in [2.24, 2.45) is 0 Å². The minimum absolute atomic E-state index is 0. The van der Waals surface area contributed by atoms with E-state index in [1.807, 2.05) is 0 Å². The second-order valence-corrected chi connectivity index (χ2v) is 2.38. The maximum absolute atomic E-state index is 8.60. The summed E-state index contributed by atoms with van der Waals surface area (Å²) in [6.45, 7) is 0. The smallest absolute Gasteiger partial charge is 0.0777 e. The number of rotatable bonds is 0. The van der Waals surface area contributed by atoms with E-state index < -0.39 is 20.5 Å². The Bertz CT molecular complexity index is 55.5. The van der Waals surface area contributed by atoms with Crippen LogP contribution in [0.5, 0.6) is 0 Å². The maximum atomic E-state index is 8.60. The monoisotopic (exact) mass is 420 g/mol. The van der Waals surface area contributed by atoms with Gasteiger partial charge in [-0.15, -0.1) is 0 Å². The average molecular weight is 420 g/mol. The molecular weight excluding hydrogens is 415 g/mol. The molecule has 0 saturated heterocycles. The molecule has 0 saturated carbocycles. The van der Waals surface area contributed by atoms with Gasteiger partial charge in [0.15, 0.2) is 0 Å². The molecule has 0 heterocycles. The molecule has 4 N–H and O–H groups in total. The third-order valence-electron chi connectivity index (χ3n) is 0. The molecule has 0 aliphatic carbocycles. The van der Waals surface area contributed by atoms with Gasteiger partial charge in [-0.25, -0.2) is 0 Å². The normalized spacial score (nSPS) is 10.0. The van der Waals surface area contributed by atoms with E-state index in [9.17, 15) is 0 Å². The van der Waals surface area contributed by atoms with Gasteiger partial charge in [0.25, 0.3) is 0 Å². The standard InChI is InChI=1S/2ClHO4.Hg.H2O/c2*2-1(3,4)5;;/h2*(H,2,3,4,5);;1H2. The molecule has 0 bridgehead atoms. The molecule has 0 amide bonds. The van der Waals surface area contributed by atoms with Crippen LogP contribution in [0.4, 0.5) is 0 Å². The predicted molar refractivity (Wildman–Crippen MR) is 8.05 cm³/mol. The first kappa shape index (κ1) is 23.2. The van der Waals surface area contributed by atoms with Crippen molar-refractivity contribution in [2.75, 3.05) is 0 Å². The van der Waals surface area contributed by atoms with E-state index in [0.717, 1.165) is 0 Å². The van der Waals surface area contributed by atoms with E-state index in [4.69, 9.17) is 37.3 Å². The summed E-state index contributed by atoms with van der Waals surface area (Å²) in [5, 5.41) is 0. The average Bonchev–Trinajstić information content (AvgIpc) is 1.12. The Morgan fingerprint density at radius 2 is 0.667 bits per heavy atom. The van der Waals surface area contributed by atoms with E-state index in [0.29, 0.717) is 0 Å². The molecular formula is H4Cl2HgO9. The Morgan fingerprint density at radius 3 is 0.667 bits per heavy atom. The van der Waals surface area contributed by atoms with Gasteiger partial charge >= 0.3 is 0 Å². The first-order valence-electron chi connectivity index (χ1n) is 1.26. The number of hydrogen-bond acceptors (Lipinski definition) is 8. The molecule has 0 aliphatic rings. The molecule has 0 unspecified atom stereocenters. The van der Waals surface area contributed by atoms with Crippen LogP contribution in [0.25, 0.3) is 0 Å². The van der Waals surface area contributed by atoms with E-state index in [1.54, 1.807) is 0 Å². The summed E-state index contributed by atoms with van der Waals surface area (Å²) in [5.74, 6) is 0. The third-order valence-corrected chi connectivity index (χ3v) is 0. The van der Waals surface area contributed by atoms with Gasteiger partial charge in [-0.1, -0.05) is 0 Å². The zero-order valence-corrected chi connectivity index (χ0v) is 12.3. The summed E-state index contributed by atoms with van der Waals surface area (Å²) in [7, 11) is -9.39. The van der Waals surface area contributed by atoms with Crippen molar-refractivity contribution in [3.05, 3.63) is 0 Å². The van der Waals surface area contributed by atoms with Crippen molar-refractivity contribution in [3.8, 4) is 0 Å². The fourth-order valence-corrected chi connectivity index (χ4v) is 0. The summed E-state index contributed by atoms with van der Waals surface area (Å²) in [6.07, 6.45) is 0. The molecule has 0 spiro atoms. The maximum Gasteiger partial charge on any atom is 0.0777 e. The van der Waals surface area contributed by atoms with Crippen molar-refractivity contribution in [2.45, 2.75) is 0 Å². The zero-order chi connectivity index (χ0) is 9.00. The van der Waals surface area contributed by atoms with Gasteiger partial charge in [-0.2, -0.15) is 28.0 Å². The molecule has 0 fully saturated rings. The molecule has 0 atom stereocenters. The molecule has 9 nitrogen and oxygen atoms in total. The summed E-state index contributed by atoms with van der Waals surface area (Å²) in [4.78, 5) is 0. The Labute approximate surface area is 90.8 Å². The van der Waals surface area contributed by atoms with Gasteiger partial charge < -0.3 is 5.48 Å². The van der Waals surface area contributed by atoms with Gasteiger partial charge in [0.05, 0.1) is 29.8 Å². The second-order valence-electron chi connectivity index (χ2n) is 0.792. The quantitative estimate of drug-likeness (QED) is 0.359. The molecule has 0 radical (unpaired) electrons. The van der Waals surface area contributed by atoms with Crippen molar-refractivity contribution in [3.63, 3.8) is 0 Å². The van der Waals surface area contributed by atoms with Crippen molar-refractivity contribution in [1.29, 1.82) is 0 Å². The van der Waals surface area contributed by atoms with Crippen molar-refractivity contribution < 1.29 is 90.9 Å². The fraction of sp³-hybridized carbons (Fsp3) is 0. The van der Waals surface area contributed by atoms with Crippen LogP contribution >= 0.6 is 0 Å². The molecule has 0 aliphatic heterocycles. The Morgan fingerprint density at radius 1 is 0.667 bits per heavy atom. The first-order chi connectivity index (χ1) is 4.00. The molecule has 74 valence electrons. The molecule has 0 aromatic carbocycles. The van der Waals surface area contributed by atoms with Gasteiger partial charge in [0, 0.05) is 27.7 Å². The largest absolute Gasteiger partial charge is 0.412 e. The zero-order valence-electron chi connectivity index (χ0n) is 5.31. The van der Waals surface area contributed by atoms with Crippen LogP contribution in [-0.2, 0) is 27.7 Å². The molecule has 12 heteroatoms. The van der Waals surface area contributed by atoms with Crippen LogP contribution in [0.3, 0.4) is 0 Å². The van der Waals surface area contributed by atoms with Gasteiger partial charge in [0.2, 0.25) is 0 Å². The van der Waals surface area contributed by atoms with Crippen LogP contribution in [0.1, 0.15) is 0 Å². The Hall–Kier alpha value is 1.16. The minimum atomic E-state index is -4.69. The molecule has 0 aromatic rings. The summed E-state index contributed by atoms with van der Waals surface area (Å²) >= 11 is 0.